The van der Waals surface area contributed by atoms with E-state index in [-0.39, 0.29) is 5.12 Å². The fourth-order valence-corrected chi connectivity index (χ4v) is 3.16. The van der Waals surface area contributed by atoms with Crippen LogP contribution in [0.1, 0.15) is 51.3 Å². The van der Waals surface area contributed by atoms with E-state index < -0.39 is 30.1 Å². The summed E-state index contributed by atoms with van der Waals surface area (Å²) in [5.41, 5.74) is 0.0485. The van der Waals surface area contributed by atoms with E-state index in [0.717, 1.165) is 23.9 Å². The molecule has 1 aromatic carbocycles. The van der Waals surface area contributed by atoms with E-state index in [0.29, 0.717) is 22.4 Å². The van der Waals surface area contributed by atoms with Gasteiger partial charge in [0.2, 0.25) is 0 Å². The van der Waals surface area contributed by atoms with E-state index in [1.807, 2.05) is 27.7 Å². The SMILES string of the molecule is CC(=O)SCC(=Cc1ccc(C(F)(F)F)cc1C)B1OC(C)(C)C(C)(C)O1. The van der Waals surface area contributed by atoms with Gasteiger partial charge in [-0.3, -0.25) is 4.79 Å². The molecule has 1 aliphatic heterocycles. The van der Waals surface area contributed by atoms with Gasteiger partial charge in [-0.1, -0.05) is 23.9 Å². The third-order valence-corrected chi connectivity index (χ3v) is 5.82. The molecule has 1 saturated heterocycles. The second-order valence-corrected chi connectivity index (χ2v) is 8.81. The highest BCUT2D eigenvalue weighted by Gasteiger charge is 2.52. The molecule has 0 atom stereocenters. The lowest BCUT2D eigenvalue weighted by molar-refractivity contribution is -0.137. The monoisotopic (exact) mass is 400 g/mol. The molecule has 2 rings (SSSR count). The van der Waals surface area contributed by atoms with Crippen LogP contribution in [0, 0.1) is 6.92 Å². The number of thioether (sulfide) groups is 1. The Kier molecular flexibility index (Phi) is 6.24. The Morgan fingerprint density at radius 3 is 2.19 bits per heavy atom. The third-order valence-electron chi connectivity index (χ3n) is 4.94. The Morgan fingerprint density at radius 2 is 1.74 bits per heavy atom. The van der Waals surface area contributed by atoms with Gasteiger partial charge in [0.15, 0.2) is 5.12 Å². The molecule has 1 fully saturated rings. The Labute approximate surface area is 162 Å². The summed E-state index contributed by atoms with van der Waals surface area (Å²) in [7, 11) is -0.663. The average Bonchev–Trinajstić information content (AvgIpc) is 2.71. The Hall–Kier alpha value is -1.25. The second kappa shape index (κ2) is 7.64. The van der Waals surface area contributed by atoms with E-state index in [9.17, 15) is 18.0 Å². The zero-order chi connectivity index (χ0) is 20.6. The minimum Gasteiger partial charge on any atom is -0.400 e. The van der Waals surface area contributed by atoms with E-state index >= 15 is 0 Å². The van der Waals surface area contributed by atoms with Crippen molar-refractivity contribution in [2.24, 2.45) is 0 Å². The number of carbonyl (C=O) groups is 1. The summed E-state index contributed by atoms with van der Waals surface area (Å²) < 4.78 is 50.8. The maximum atomic E-state index is 12.9. The van der Waals surface area contributed by atoms with Gasteiger partial charge in [-0.15, -0.1) is 0 Å². The zero-order valence-electron chi connectivity index (χ0n) is 16.4. The first-order valence-electron chi connectivity index (χ1n) is 8.60. The largest absolute Gasteiger partial charge is 0.491 e. The lowest BCUT2D eigenvalue weighted by atomic mass is 9.78. The van der Waals surface area contributed by atoms with Crippen molar-refractivity contribution in [1.82, 2.24) is 0 Å². The number of rotatable bonds is 4. The van der Waals surface area contributed by atoms with Crippen molar-refractivity contribution in [2.45, 2.75) is 58.9 Å². The average molecular weight is 400 g/mol. The number of halogens is 3. The van der Waals surface area contributed by atoms with E-state index in [1.165, 1.54) is 13.0 Å². The first kappa shape index (κ1) is 22.0. The van der Waals surface area contributed by atoms with Gasteiger partial charge in [-0.2, -0.15) is 13.2 Å². The van der Waals surface area contributed by atoms with Crippen molar-refractivity contribution in [2.75, 3.05) is 5.75 Å². The number of alkyl halides is 3. The molecule has 1 aliphatic rings. The summed E-state index contributed by atoms with van der Waals surface area (Å²) in [4.78, 5) is 11.4. The van der Waals surface area contributed by atoms with Crippen molar-refractivity contribution in [3.8, 4) is 0 Å². The van der Waals surface area contributed by atoms with Crippen LogP contribution >= 0.6 is 11.8 Å². The molecular formula is C19H24BF3O3S. The van der Waals surface area contributed by atoms with Crippen LogP contribution in [0.15, 0.2) is 23.7 Å². The van der Waals surface area contributed by atoms with Crippen LogP contribution in [-0.2, 0) is 20.3 Å². The summed E-state index contributed by atoms with van der Waals surface area (Å²) in [6, 6.07) is 3.60. The smallest absolute Gasteiger partial charge is 0.400 e. The maximum absolute atomic E-state index is 12.9. The zero-order valence-corrected chi connectivity index (χ0v) is 17.2. The Balaban J connectivity index is 2.39. The quantitative estimate of drug-likeness (QED) is 0.642. The predicted molar refractivity (Wildman–Crippen MR) is 103 cm³/mol. The second-order valence-electron chi connectivity index (χ2n) is 7.66. The minimum atomic E-state index is -4.38. The van der Waals surface area contributed by atoms with Crippen LogP contribution < -0.4 is 0 Å². The van der Waals surface area contributed by atoms with Crippen molar-refractivity contribution < 1.29 is 27.3 Å². The summed E-state index contributed by atoms with van der Waals surface area (Å²) in [6.45, 7) is 10.8. The van der Waals surface area contributed by atoms with Crippen molar-refractivity contribution >= 4 is 30.1 Å². The van der Waals surface area contributed by atoms with Crippen LogP contribution in [0.3, 0.4) is 0 Å². The maximum Gasteiger partial charge on any atom is 0.491 e. The van der Waals surface area contributed by atoms with Gasteiger partial charge in [-0.05, 0) is 63.4 Å². The van der Waals surface area contributed by atoms with Gasteiger partial charge in [0.1, 0.15) is 0 Å². The predicted octanol–water partition coefficient (Wildman–Crippen LogP) is 5.31. The van der Waals surface area contributed by atoms with Crippen molar-refractivity contribution in [3.63, 3.8) is 0 Å². The molecule has 27 heavy (non-hydrogen) atoms. The summed E-state index contributed by atoms with van der Waals surface area (Å²) in [5, 5.41) is -0.0541. The molecule has 0 spiro atoms. The van der Waals surface area contributed by atoms with Crippen LogP contribution in [0.25, 0.3) is 6.08 Å². The van der Waals surface area contributed by atoms with Gasteiger partial charge >= 0.3 is 13.3 Å². The first-order valence-corrected chi connectivity index (χ1v) is 9.59. The van der Waals surface area contributed by atoms with Gasteiger partial charge in [0, 0.05) is 12.7 Å². The fraction of sp³-hybridized carbons (Fsp3) is 0.526. The Bertz CT molecular complexity index is 741. The Morgan fingerprint density at radius 1 is 1.19 bits per heavy atom. The van der Waals surface area contributed by atoms with Crippen LogP contribution in [-0.4, -0.2) is 29.2 Å². The number of hydrogen-bond donors (Lipinski definition) is 0. The molecule has 0 radical (unpaired) electrons. The van der Waals surface area contributed by atoms with Crippen molar-refractivity contribution in [1.29, 1.82) is 0 Å². The molecule has 0 unspecified atom stereocenters. The lowest BCUT2D eigenvalue weighted by Gasteiger charge is -2.32. The fourth-order valence-electron chi connectivity index (χ4n) is 2.57. The summed E-state index contributed by atoms with van der Waals surface area (Å²) in [5.74, 6) is 0.340. The molecule has 8 heteroatoms. The van der Waals surface area contributed by atoms with Crippen LogP contribution in [0.2, 0.25) is 0 Å². The molecule has 0 aliphatic carbocycles. The molecule has 3 nitrogen and oxygen atoms in total. The molecule has 0 saturated carbocycles. The molecular weight excluding hydrogens is 376 g/mol. The molecule has 0 N–H and O–H groups in total. The van der Waals surface area contributed by atoms with Crippen LogP contribution in [0.4, 0.5) is 13.2 Å². The summed E-state index contributed by atoms with van der Waals surface area (Å²) in [6.07, 6.45) is -2.63. The number of hydrogen-bond acceptors (Lipinski definition) is 4. The standard InChI is InChI=1S/C19H24BF3O3S/c1-12-9-15(19(21,22)23)8-7-14(12)10-16(11-27-13(2)24)20-25-17(3,4)18(5,6)26-20/h7-10H,11H2,1-6H3. The topological polar surface area (TPSA) is 35.5 Å². The number of aryl methyl sites for hydroxylation is 1. The van der Waals surface area contributed by atoms with Gasteiger partial charge in [-0.25, -0.2) is 0 Å². The highest BCUT2D eigenvalue weighted by Crippen LogP contribution is 2.39. The lowest BCUT2D eigenvalue weighted by Crippen LogP contribution is -2.41. The first-order chi connectivity index (χ1) is 12.2. The minimum absolute atomic E-state index is 0.0541. The molecule has 148 valence electrons. The van der Waals surface area contributed by atoms with E-state index in [4.69, 9.17) is 9.31 Å². The van der Waals surface area contributed by atoms with E-state index in [1.54, 1.807) is 13.0 Å². The molecule has 0 bridgehead atoms. The summed E-state index contributed by atoms with van der Waals surface area (Å²) >= 11 is 1.11. The van der Waals surface area contributed by atoms with Crippen molar-refractivity contribution in [3.05, 3.63) is 40.4 Å². The number of carbonyl (C=O) groups excluding carboxylic acids is 1. The highest BCUT2D eigenvalue weighted by molar-refractivity contribution is 8.13. The number of benzene rings is 1. The molecule has 1 aromatic rings. The van der Waals surface area contributed by atoms with Gasteiger partial charge in [0.25, 0.3) is 0 Å². The molecule has 0 aromatic heterocycles. The molecule has 0 amide bonds. The van der Waals surface area contributed by atoms with Crippen LogP contribution in [0.5, 0.6) is 0 Å². The van der Waals surface area contributed by atoms with Gasteiger partial charge < -0.3 is 9.31 Å². The normalized spacial score (nSPS) is 19.4. The van der Waals surface area contributed by atoms with E-state index in [2.05, 4.69) is 0 Å². The highest BCUT2D eigenvalue weighted by atomic mass is 32.2. The third kappa shape index (κ3) is 5.18. The van der Waals surface area contributed by atoms with Gasteiger partial charge in [0.05, 0.1) is 16.8 Å². The molecule has 1 heterocycles.